The second-order valence-electron chi connectivity index (χ2n) is 5.61. The van der Waals surface area contributed by atoms with E-state index in [2.05, 4.69) is 18.7 Å². The molecule has 0 N–H and O–H groups in total. The van der Waals surface area contributed by atoms with E-state index in [0.29, 0.717) is 12.2 Å². The highest BCUT2D eigenvalue weighted by atomic mass is 32.2. The monoisotopic (exact) mass is 304 g/mol. The molecule has 0 aromatic heterocycles. The largest absolute Gasteiger partial charge is 0.372 e. The molecule has 2 heterocycles. The standard InChI is InChI=1S/C10H18OS.C5H10OS/c1-2-4-9(5-3-1)7-12-8-10-6-11-10;1-2-7-4-5-3-6-5/h9-10H,1-8H2;5H,2-4H2,1H3. The first-order chi connectivity index (χ1) is 9.38. The normalized spacial score (nSPS) is 29.5. The summed E-state index contributed by atoms with van der Waals surface area (Å²) in [5, 5.41) is 0. The van der Waals surface area contributed by atoms with E-state index >= 15 is 0 Å². The fraction of sp³-hybridized carbons (Fsp3) is 1.00. The van der Waals surface area contributed by atoms with E-state index in [1.54, 1.807) is 0 Å². The quantitative estimate of drug-likeness (QED) is 0.667. The van der Waals surface area contributed by atoms with Crippen LogP contribution in [0.4, 0.5) is 0 Å². The first kappa shape index (κ1) is 16.0. The van der Waals surface area contributed by atoms with E-state index in [-0.39, 0.29) is 0 Å². The van der Waals surface area contributed by atoms with Crippen molar-refractivity contribution in [2.75, 3.05) is 36.2 Å². The highest BCUT2D eigenvalue weighted by molar-refractivity contribution is 7.99. The van der Waals surface area contributed by atoms with Crippen molar-refractivity contribution in [2.45, 2.75) is 51.2 Å². The van der Waals surface area contributed by atoms with Crippen LogP contribution in [0.25, 0.3) is 0 Å². The highest BCUT2D eigenvalue weighted by Crippen LogP contribution is 2.28. The van der Waals surface area contributed by atoms with Crippen LogP contribution >= 0.6 is 23.5 Å². The minimum Gasteiger partial charge on any atom is -0.372 e. The van der Waals surface area contributed by atoms with Crippen molar-refractivity contribution in [3.63, 3.8) is 0 Å². The summed E-state index contributed by atoms with van der Waals surface area (Å²) in [5.74, 6) is 6.09. The predicted octanol–water partition coefficient (Wildman–Crippen LogP) is 3.84. The molecule has 0 aromatic carbocycles. The lowest BCUT2D eigenvalue weighted by molar-refractivity contribution is 0.390. The zero-order valence-electron chi connectivity index (χ0n) is 12.1. The number of hydrogen-bond donors (Lipinski definition) is 0. The molecule has 0 bridgehead atoms. The van der Waals surface area contributed by atoms with E-state index in [4.69, 9.17) is 9.47 Å². The van der Waals surface area contributed by atoms with Crippen LogP contribution in [0.1, 0.15) is 39.0 Å². The Morgan fingerprint density at radius 1 is 0.842 bits per heavy atom. The maximum atomic E-state index is 5.18. The summed E-state index contributed by atoms with van der Waals surface area (Å²) in [6, 6.07) is 0. The Balaban J connectivity index is 0.000000163. The van der Waals surface area contributed by atoms with E-state index in [1.165, 1.54) is 55.1 Å². The molecule has 3 aliphatic rings. The zero-order valence-corrected chi connectivity index (χ0v) is 13.8. The van der Waals surface area contributed by atoms with Crippen LogP contribution in [-0.4, -0.2) is 48.4 Å². The van der Waals surface area contributed by atoms with Gasteiger partial charge < -0.3 is 9.47 Å². The SMILES string of the molecule is C1CCC(CSCC2CO2)CC1.CCSCC1CO1. The second kappa shape index (κ2) is 9.54. The van der Waals surface area contributed by atoms with E-state index < -0.39 is 0 Å². The molecule has 1 aliphatic carbocycles. The van der Waals surface area contributed by atoms with Gasteiger partial charge in [0.05, 0.1) is 25.4 Å². The molecule has 2 unspecified atom stereocenters. The molecule has 2 atom stereocenters. The Hall–Kier alpha value is 0.620. The van der Waals surface area contributed by atoms with Crippen molar-refractivity contribution in [3.8, 4) is 0 Å². The first-order valence-electron chi connectivity index (χ1n) is 7.77. The molecule has 2 aliphatic heterocycles. The summed E-state index contributed by atoms with van der Waals surface area (Å²) in [4.78, 5) is 0. The van der Waals surface area contributed by atoms with Gasteiger partial charge in [-0.05, 0) is 30.3 Å². The fourth-order valence-electron chi connectivity index (χ4n) is 2.30. The minimum atomic E-state index is 0.616. The number of hydrogen-bond acceptors (Lipinski definition) is 4. The van der Waals surface area contributed by atoms with Crippen molar-refractivity contribution in [3.05, 3.63) is 0 Å². The van der Waals surface area contributed by atoms with Gasteiger partial charge >= 0.3 is 0 Å². The van der Waals surface area contributed by atoms with Gasteiger partial charge in [0.15, 0.2) is 0 Å². The summed E-state index contributed by atoms with van der Waals surface area (Å²) in [6.07, 6.45) is 8.64. The summed E-state index contributed by atoms with van der Waals surface area (Å²) >= 11 is 4.06. The van der Waals surface area contributed by atoms with E-state index in [1.807, 2.05) is 11.8 Å². The number of ether oxygens (including phenoxy) is 2. The molecule has 3 rings (SSSR count). The third-order valence-electron chi connectivity index (χ3n) is 3.69. The molecule has 0 aromatic rings. The zero-order chi connectivity index (χ0) is 13.3. The van der Waals surface area contributed by atoms with Crippen molar-refractivity contribution < 1.29 is 9.47 Å². The van der Waals surface area contributed by atoms with Crippen LogP contribution in [0.15, 0.2) is 0 Å². The van der Waals surface area contributed by atoms with Crippen molar-refractivity contribution >= 4 is 23.5 Å². The predicted molar refractivity (Wildman–Crippen MR) is 86.4 cm³/mol. The molecular weight excluding hydrogens is 276 g/mol. The van der Waals surface area contributed by atoms with Gasteiger partial charge in [0, 0.05) is 11.5 Å². The molecule has 0 amide bonds. The highest BCUT2D eigenvalue weighted by Gasteiger charge is 2.23. The van der Waals surface area contributed by atoms with Crippen molar-refractivity contribution in [2.24, 2.45) is 5.92 Å². The van der Waals surface area contributed by atoms with Crippen LogP contribution in [0, 0.1) is 5.92 Å². The smallest absolute Gasteiger partial charge is 0.0900 e. The Bertz CT molecular complexity index is 224. The van der Waals surface area contributed by atoms with Gasteiger partial charge in [-0.25, -0.2) is 0 Å². The van der Waals surface area contributed by atoms with Gasteiger partial charge in [0.2, 0.25) is 0 Å². The summed E-state index contributed by atoms with van der Waals surface area (Å²) in [5.41, 5.74) is 0. The molecule has 112 valence electrons. The average Bonchev–Trinajstić information content (AvgIpc) is 3.33. The van der Waals surface area contributed by atoms with Gasteiger partial charge in [-0.2, -0.15) is 23.5 Å². The minimum absolute atomic E-state index is 0.616. The Labute approximate surface area is 126 Å². The van der Waals surface area contributed by atoms with Crippen LogP contribution in [0.3, 0.4) is 0 Å². The molecule has 3 fully saturated rings. The summed E-state index contributed by atoms with van der Waals surface area (Å²) in [7, 11) is 0. The summed E-state index contributed by atoms with van der Waals surface area (Å²) in [6.45, 7) is 4.21. The van der Waals surface area contributed by atoms with E-state index in [9.17, 15) is 0 Å². The molecular formula is C15H28O2S2. The molecule has 0 spiro atoms. The van der Waals surface area contributed by atoms with Gasteiger partial charge in [-0.3, -0.25) is 0 Å². The lowest BCUT2D eigenvalue weighted by atomic mass is 9.91. The number of epoxide rings is 2. The van der Waals surface area contributed by atoms with Gasteiger partial charge in [-0.1, -0.05) is 26.2 Å². The average molecular weight is 305 g/mol. The molecule has 4 heteroatoms. The second-order valence-corrected chi connectivity index (χ2v) is 8.01. The third-order valence-corrected chi connectivity index (χ3v) is 6.02. The van der Waals surface area contributed by atoms with Gasteiger partial charge in [0.25, 0.3) is 0 Å². The van der Waals surface area contributed by atoms with Gasteiger partial charge in [-0.15, -0.1) is 0 Å². The topological polar surface area (TPSA) is 25.1 Å². The Morgan fingerprint density at radius 2 is 1.42 bits per heavy atom. The third kappa shape index (κ3) is 8.49. The summed E-state index contributed by atoms with van der Waals surface area (Å²) < 4.78 is 10.2. The maximum Gasteiger partial charge on any atom is 0.0900 e. The maximum absolute atomic E-state index is 5.18. The molecule has 0 radical (unpaired) electrons. The first-order valence-corrected chi connectivity index (χ1v) is 10.1. The lowest BCUT2D eigenvalue weighted by Gasteiger charge is -2.20. The molecule has 1 saturated carbocycles. The fourth-order valence-corrected chi connectivity index (χ4v) is 4.25. The Kier molecular flexibility index (Phi) is 8.03. The molecule has 2 saturated heterocycles. The lowest BCUT2D eigenvalue weighted by Crippen LogP contribution is -2.09. The van der Waals surface area contributed by atoms with Crippen LogP contribution in [0.5, 0.6) is 0 Å². The van der Waals surface area contributed by atoms with Crippen LogP contribution in [-0.2, 0) is 9.47 Å². The van der Waals surface area contributed by atoms with Gasteiger partial charge in [0.1, 0.15) is 0 Å². The molecule has 19 heavy (non-hydrogen) atoms. The van der Waals surface area contributed by atoms with Crippen molar-refractivity contribution in [1.82, 2.24) is 0 Å². The van der Waals surface area contributed by atoms with Crippen LogP contribution in [0.2, 0.25) is 0 Å². The van der Waals surface area contributed by atoms with Crippen molar-refractivity contribution in [1.29, 1.82) is 0 Å². The van der Waals surface area contributed by atoms with E-state index in [0.717, 1.165) is 19.1 Å². The molecule has 2 nitrogen and oxygen atoms in total. The number of thioether (sulfide) groups is 2. The number of rotatable bonds is 7. The Morgan fingerprint density at radius 3 is 1.95 bits per heavy atom. The van der Waals surface area contributed by atoms with Crippen LogP contribution < -0.4 is 0 Å².